The molecule has 0 aliphatic heterocycles. The van der Waals surface area contributed by atoms with E-state index in [1.54, 1.807) is 19.2 Å². The standard InChI is InChI=1S/C10H13Cl2NO2/c1-7(5-14-2)15-6-9-8(11)3-4-10(12)13-9/h3-4,7H,5-6H2,1-2H3. The largest absolute Gasteiger partial charge is 0.382 e. The maximum absolute atomic E-state index is 5.92. The Balaban J connectivity index is 2.53. The van der Waals surface area contributed by atoms with E-state index in [-0.39, 0.29) is 6.10 Å². The van der Waals surface area contributed by atoms with Crippen molar-refractivity contribution in [1.82, 2.24) is 4.98 Å². The number of hydrogen-bond donors (Lipinski definition) is 0. The summed E-state index contributed by atoms with van der Waals surface area (Å²) in [5.41, 5.74) is 0.645. The second-order valence-corrected chi connectivity index (χ2v) is 3.93. The molecule has 1 heterocycles. The van der Waals surface area contributed by atoms with Crippen LogP contribution in [0.1, 0.15) is 12.6 Å². The number of nitrogens with zero attached hydrogens (tertiary/aromatic N) is 1. The van der Waals surface area contributed by atoms with E-state index in [0.717, 1.165) is 0 Å². The number of pyridine rings is 1. The van der Waals surface area contributed by atoms with Gasteiger partial charge in [0.05, 0.1) is 30.0 Å². The predicted octanol–water partition coefficient (Wildman–Crippen LogP) is 2.94. The number of ether oxygens (including phenoxy) is 2. The van der Waals surface area contributed by atoms with Crippen LogP contribution in [0.5, 0.6) is 0 Å². The van der Waals surface area contributed by atoms with Gasteiger partial charge in [-0.3, -0.25) is 0 Å². The van der Waals surface area contributed by atoms with Gasteiger partial charge in [-0.05, 0) is 19.1 Å². The van der Waals surface area contributed by atoms with Crippen LogP contribution in [0.3, 0.4) is 0 Å². The van der Waals surface area contributed by atoms with E-state index in [9.17, 15) is 0 Å². The highest BCUT2D eigenvalue weighted by Gasteiger charge is 2.06. The van der Waals surface area contributed by atoms with Gasteiger partial charge in [-0.2, -0.15) is 0 Å². The van der Waals surface area contributed by atoms with Gasteiger partial charge in [-0.1, -0.05) is 23.2 Å². The molecule has 0 radical (unpaired) electrons. The monoisotopic (exact) mass is 249 g/mol. The van der Waals surface area contributed by atoms with Crippen molar-refractivity contribution in [3.8, 4) is 0 Å². The molecule has 84 valence electrons. The first kappa shape index (κ1) is 12.7. The molecule has 0 saturated heterocycles. The second-order valence-electron chi connectivity index (χ2n) is 3.14. The zero-order valence-corrected chi connectivity index (χ0v) is 10.2. The molecule has 0 amide bonds. The van der Waals surface area contributed by atoms with Crippen molar-refractivity contribution in [2.45, 2.75) is 19.6 Å². The third-order valence-corrected chi connectivity index (χ3v) is 2.35. The van der Waals surface area contributed by atoms with Crippen molar-refractivity contribution in [1.29, 1.82) is 0 Å². The minimum atomic E-state index is 0.00634. The summed E-state index contributed by atoms with van der Waals surface area (Å²) in [6, 6.07) is 3.35. The minimum Gasteiger partial charge on any atom is -0.382 e. The predicted molar refractivity (Wildman–Crippen MR) is 60.4 cm³/mol. The normalized spacial score (nSPS) is 12.8. The van der Waals surface area contributed by atoms with Gasteiger partial charge in [0.2, 0.25) is 0 Å². The van der Waals surface area contributed by atoms with E-state index in [0.29, 0.717) is 29.1 Å². The smallest absolute Gasteiger partial charge is 0.129 e. The summed E-state index contributed by atoms with van der Waals surface area (Å²) in [5, 5.41) is 0.974. The zero-order valence-electron chi connectivity index (χ0n) is 8.67. The van der Waals surface area contributed by atoms with Crippen LogP contribution < -0.4 is 0 Å². The average molecular weight is 250 g/mol. The van der Waals surface area contributed by atoms with Crippen LogP contribution in [-0.4, -0.2) is 24.8 Å². The van der Waals surface area contributed by atoms with Gasteiger partial charge in [-0.25, -0.2) is 4.98 Å². The lowest BCUT2D eigenvalue weighted by Gasteiger charge is -2.12. The summed E-state index contributed by atoms with van der Waals surface area (Å²) in [6.07, 6.45) is 0.00634. The van der Waals surface area contributed by atoms with Crippen LogP contribution in [0.15, 0.2) is 12.1 Å². The Hall–Kier alpha value is -0.350. The van der Waals surface area contributed by atoms with Crippen LogP contribution in [-0.2, 0) is 16.1 Å². The number of rotatable bonds is 5. The summed E-state index contributed by atoms with van der Waals surface area (Å²) >= 11 is 11.7. The number of hydrogen-bond acceptors (Lipinski definition) is 3. The van der Waals surface area contributed by atoms with Crippen molar-refractivity contribution in [3.05, 3.63) is 28.0 Å². The minimum absolute atomic E-state index is 0.00634. The molecule has 3 nitrogen and oxygen atoms in total. The number of methoxy groups -OCH3 is 1. The van der Waals surface area contributed by atoms with E-state index in [4.69, 9.17) is 32.7 Å². The number of halogens is 2. The third-order valence-electron chi connectivity index (χ3n) is 1.79. The Morgan fingerprint density at radius 2 is 2.13 bits per heavy atom. The summed E-state index contributed by atoms with van der Waals surface area (Å²) in [6.45, 7) is 2.80. The lowest BCUT2D eigenvalue weighted by Crippen LogP contribution is -2.15. The van der Waals surface area contributed by atoms with Crippen molar-refractivity contribution < 1.29 is 9.47 Å². The maximum atomic E-state index is 5.92. The Kier molecular flexibility index (Phi) is 5.32. The van der Waals surface area contributed by atoms with E-state index < -0.39 is 0 Å². The molecular weight excluding hydrogens is 237 g/mol. The average Bonchev–Trinajstić information content (AvgIpc) is 2.20. The first-order valence-electron chi connectivity index (χ1n) is 4.55. The molecule has 1 rings (SSSR count). The Morgan fingerprint density at radius 3 is 2.80 bits per heavy atom. The van der Waals surface area contributed by atoms with E-state index in [1.165, 1.54) is 0 Å². The Morgan fingerprint density at radius 1 is 1.40 bits per heavy atom. The molecule has 1 atom stereocenters. The van der Waals surface area contributed by atoms with Gasteiger partial charge in [0, 0.05) is 7.11 Å². The molecule has 0 N–H and O–H groups in total. The SMILES string of the molecule is COCC(C)OCc1nc(Cl)ccc1Cl. The quantitative estimate of drug-likeness (QED) is 0.753. The van der Waals surface area contributed by atoms with E-state index in [1.807, 2.05) is 6.92 Å². The first-order chi connectivity index (χ1) is 7.13. The Labute approximate surface area is 99.3 Å². The summed E-state index contributed by atoms with van der Waals surface area (Å²) in [4.78, 5) is 4.07. The van der Waals surface area contributed by atoms with Crippen molar-refractivity contribution in [2.24, 2.45) is 0 Å². The molecule has 15 heavy (non-hydrogen) atoms. The highest BCUT2D eigenvalue weighted by molar-refractivity contribution is 6.32. The highest BCUT2D eigenvalue weighted by Crippen LogP contribution is 2.17. The van der Waals surface area contributed by atoms with Crippen molar-refractivity contribution in [3.63, 3.8) is 0 Å². The van der Waals surface area contributed by atoms with Crippen LogP contribution in [0, 0.1) is 0 Å². The molecule has 1 unspecified atom stereocenters. The fraction of sp³-hybridized carbons (Fsp3) is 0.500. The van der Waals surface area contributed by atoms with Gasteiger partial charge < -0.3 is 9.47 Å². The maximum Gasteiger partial charge on any atom is 0.129 e. The molecule has 1 aromatic heterocycles. The van der Waals surface area contributed by atoms with Crippen LogP contribution in [0.25, 0.3) is 0 Å². The highest BCUT2D eigenvalue weighted by atomic mass is 35.5. The molecule has 0 aliphatic carbocycles. The van der Waals surface area contributed by atoms with E-state index >= 15 is 0 Å². The lowest BCUT2D eigenvalue weighted by atomic mass is 10.3. The van der Waals surface area contributed by atoms with Crippen LogP contribution in [0.4, 0.5) is 0 Å². The van der Waals surface area contributed by atoms with Gasteiger partial charge in [-0.15, -0.1) is 0 Å². The first-order valence-corrected chi connectivity index (χ1v) is 5.30. The lowest BCUT2D eigenvalue weighted by molar-refractivity contribution is -0.00132. The molecule has 0 saturated carbocycles. The molecule has 0 aromatic carbocycles. The molecule has 0 aliphatic rings. The second kappa shape index (κ2) is 6.28. The molecule has 0 fully saturated rings. The molecule has 0 spiro atoms. The van der Waals surface area contributed by atoms with Crippen molar-refractivity contribution >= 4 is 23.2 Å². The zero-order chi connectivity index (χ0) is 11.3. The molecular formula is C10H13Cl2NO2. The van der Waals surface area contributed by atoms with Gasteiger partial charge in [0.1, 0.15) is 5.15 Å². The molecule has 0 bridgehead atoms. The summed E-state index contributed by atoms with van der Waals surface area (Å²) in [5.74, 6) is 0. The molecule has 5 heteroatoms. The van der Waals surface area contributed by atoms with Gasteiger partial charge >= 0.3 is 0 Å². The summed E-state index contributed by atoms with van der Waals surface area (Å²) in [7, 11) is 1.63. The third kappa shape index (κ3) is 4.34. The van der Waals surface area contributed by atoms with Crippen LogP contribution in [0.2, 0.25) is 10.2 Å². The van der Waals surface area contributed by atoms with Gasteiger partial charge in [0.25, 0.3) is 0 Å². The van der Waals surface area contributed by atoms with Crippen molar-refractivity contribution in [2.75, 3.05) is 13.7 Å². The number of aromatic nitrogens is 1. The van der Waals surface area contributed by atoms with Crippen LogP contribution >= 0.6 is 23.2 Å². The fourth-order valence-corrected chi connectivity index (χ4v) is 1.39. The summed E-state index contributed by atoms with van der Waals surface area (Å²) < 4.78 is 10.4. The van der Waals surface area contributed by atoms with Gasteiger partial charge in [0.15, 0.2) is 0 Å². The Bertz CT molecular complexity index is 320. The van der Waals surface area contributed by atoms with E-state index in [2.05, 4.69) is 4.98 Å². The topological polar surface area (TPSA) is 31.4 Å². The fourth-order valence-electron chi connectivity index (χ4n) is 1.06. The molecule has 1 aromatic rings.